The van der Waals surface area contributed by atoms with Gasteiger partial charge in [0.1, 0.15) is 0 Å². The Hall–Kier alpha value is -6.57. The summed E-state index contributed by atoms with van der Waals surface area (Å²) >= 11 is -9.08. The van der Waals surface area contributed by atoms with E-state index in [-0.39, 0.29) is 0 Å². The first-order valence-corrected chi connectivity index (χ1v) is 31.1. The molecule has 0 saturated heterocycles. The Bertz CT molecular complexity index is 3030. The number of rotatable bonds is 8. The molecule has 31 heteroatoms. The Morgan fingerprint density at radius 3 is 0.424 bits per heavy atom. The normalized spacial score (nSPS) is 12.5. The van der Waals surface area contributed by atoms with Gasteiger partial charge >= 0.3 is 476 Å². The van der Waals surface area contributed by atoms with Crippen molar-refractivity contribution in [2.45, 2.75) is 37.1 Å². The van der Waals surface area contributed by atoms with Crippen LogP contribution in [0.4, 0.5) is 123 Å². The summed E-state index contributed by atoms with van der Waals surface area (Å²) in [6.07, 6.45) is -27.4. The van der Waals surface area contributed by atoms with Crippen LogP contribution in [0.2, 0.25) is 0 Å². The van der Waals surface area contributed by atoms with Crippen LogP contribution in [0.5, 0.6) is 0 Å². The first kappa shape index (κ1) is 67.6. The Balaban J connectivity index is 0.000000207. The van der Waals surface area contributed by atoms with Gasteiger partial charge in [-0.25, -0.2) is 0 Å². The molecule has 0 unspecified atom stereocenters. The average Bonchev–Trinajstić information content (AvgIpc) is 1.86. The zero-order valence-electron chi connectivity index (χ0n) is 40.9. The molecular formula is C54H24F28Ge3. The molecule has 8 aromatic rings. The molecule has 85 heavy (non-hydrogen) atoms. The Morgan fingerprint density at radius 2 is 0.306 bits per heavy atom. The summed E-state index contributed by atoms with van der Waals surface area (Å²) in [6, 6.07) is 25.0. The minimum absolute atomic E-state index is 0.451. The molecule has 0 aliphatic heterocycles. The van der Waals surface area contributed by atoms with Crippen LogP contribution < -0.4 is 35.2 Å². The Morgan fingerprint density at radius 1 is 0.188 bits per heavy atom. The van der Waals surface area contributed by atoms with E-state index in [4.69, 9.17) is 0 Å². The molecule has 0 saturated carbocycles. The van der Waals surface area contributed by atoms with Crippen LogP contribution in [0.15, 0.2) is 146 Å². The summed E-state index contributed by atoms with van der Waals surface area (Å²) in [6.45, 7) is 0. The zero-order chi connectivity index (χ0) is 63.7. The van der Waals surface area contributed by atoms with E-state index in [1.165, 1.54) is 72.8 Å². The fourth-order valence-electron chi connectivity index (χ4n) is 7.51. The third kappa shape index (κ3) is 16.1. The maximum atomic E-state index is 13.4. The first-order valence-electron chi connectivity index (χ1n) is 22.7. The van der Waals surface area contributed by atoms with Gasteiger partial charge < -0.3 is 0 Å². The van der Waals surface area contributed by atoms with Crippen molar-refractivity contribution in [3.63, 3.8) is 0 Å². The van der Waals surface area contributed by atoms with Gasteiger partial charge in [-0.3, -0.25) is 0 Å². The van der Waals surface area contributed by atoms with Crippen LogP contribution in [0, 0.1) is 58.2 Å². The molecule has 0 heterocycles. The molecule has 0 N–H and O–H groups in total. The van der Waals surface area contributed by atoms with E-state index in [1.54, 1.807) is 0 Å². The third-order valence-electron chi connectivity index (χ3n) is 11.7. The quantitative estimate of drug-likeness (QED) is 0.0616. The summed E-state index contributed by atoms with van der Waals surface area (Å²) < 4.78 is 363. The molecule has 0 atom stereocenters. The van der Waals surface area contributed by atoms with Gasteiger partial charge in [0.2, 0.25) is 0 Å². The molecule has 0 bridgehead atoms. The minimum atomic E-state index is -4.57. The molecule has 0 fully saturated rings. The molecule has 4 radical (unpaired) electrons. The predicted molar refractivity (Wildman–Crippen MR) is 255 cm³/mol. The van der Waals surface area contributed by atoms with Gasteiger partial charge in [0.25, 0.3) is 0 Å². The van der Waals surface area contributed by atoms with E-state index in [0.717, 1.165) is 72.8 Å². The van der Waals surface area contributed by atoms with Crippen LogP contribution in [-0.2, 0) is 37.1 Å². The van der Waals surface area contributed by atoms with Gasteiger partial charge in [-0.2, -0.15) is 0 Å². The maximum absolute atomic E-state index is 13.4. The van der Waals surface area contributed by atoms with Gasteiger partial charge in [0, 0.05) is 0 Å². The Labute approximate surface area is 474 Å². The van der Waals surface area contributed by atoms with Gasteiger partial charge in [-0.15, -0.1) is 0 Å². The molecule has 0 aliphatic rings. The van der Waals surface area contributed by atoms with Crippen molar-refractivity contribution < 1.29 is 123 Å². The van der Waals surface area contributed by atoms with Crippen molar-refractivity contribution in [2.75, 3.05) is 0 Å². The molecule has 0 aliphatic carbocycles. The van der Waals surface area contributed by atoms with E-state index in [1.807, 2.05) is 0 Å². The molecule has 8 rings (SSSR count). The molecular weight excluding hydrogens is 1400 g/mol. The van der Waals surface area contributed by atoms with E-state index in [2.05, 4.69) is 0 Å². The van der Waals surface area contributed by atoms with Gasteiger partial charge in [-0.05, 0) is 0 Å². The number of benzene rings is 8. The van der Waals surface area contributed by atoms with Crippen LogP contribution in [0.25, 0.3) is 0 Å². The first-order chi connectivity index (χ1) is 39.1. The Kier molecular flexibility index (Phi) is 20.5. The number of hydrogen-bond acceptors (Lipinski definition) is 0. The van der Waals surface area contributed by atoms with Crippen LogP contribution in [-0.4, -0.2) is 44.1 Å². The third-order valence-corrected chi connectivity index (χ3v) is 26.0. The van der Waals surface area contributed by atoms with Crippen molar-refractivity contribution in [3.05, 3.63) is 237 Å². The predicted octanol–water partition coefficient (Wildman–Crippen LogP) is 13.3. The second-order valence-electron chi connectivity index (χ2n) is 17.2. The van der Waals surface area contributed by atoms with Crippen molar-refractivity contribution in [2.24, 2.45) is 0 Å². The van der Waals surface area contributed by atoms with E-state index in [0.29, 0.717) is 26.4 Å². The molecule has 0 amide bonds. The van der Waals surface area contributed by atoms with Gasteiger partial charge in [0.15, 0.2) is 0 Å². The molecule has 8 aromatic carbocycles. The summed E-state index contributed by atoms with van der Waals surface area (Å²) in [5.41, 5.74) is -5.37. The fraction of sp³-hybridized carbons (Fsp3) is 0.111. The summed E-state index contributed by atoms with van der Waals surface area (Å²) in [5.74, 6) is -24.1. The second kappa shape index (κ2) is 25.8. The molecule has 0 spiro atoms. The molecule has 448 valence electrons. The van der Waals surface area contributed by atoms with Crippen molar-refractivity contribution >= 4 is 79.3 Å². The number of hydrogen-bond donors (Lipinski definition) is 0. The molecule has 0 nitrogen and oxygen atoms in total. The fourth-order valence-corrected chi connectivity index (χ4v) is 20.4. The number of alkyl halides is 18. The van der Waals surface area contributed by atoms with Crippen LogP contribution in [0.3, 0.4) is 0 Å². The van der Waals surface area contributed by atoms with Crippen molar-refractivity contribution in [1.29, 1.82) is 0 Å². The van der Waals surface area contributed by atoms with E-state index >= 15 is 0 Å². The van der Waals surface area contributed by atoms with Crippen molar-refractivity contribution in [3.8, 4) is 0 Å². The van der Waals surface area contributed by atoms with Gasteiger partial charge in [0.05, 0.1) is 0 Å². The summed E-state index contributed by atoms with van der Waals surface area (Å²) in [7, 11) is 0. The summed E-state index contributed by atoms with van der Waals surface area (Å²) in [5, 5.41) is 0. The van der Waals surface area contributed by atoms with Crippen molar-refractivity contribution in [1.82, 2.24) is 0 Å². The van der Waals surface area contributed by atoms with Gasteiger partial charge in [-0.1, -0.05) is 0 Å². The second-order valence-corrected chi connectivity index (χ2v) is 30.3. The van der Waals surface area contributed by atoms with E-state index < -0.39 is 182 Å². The zero-order valence-corrected chi connectivity index (χ0v) is 47.2. The average molecular weight is 1420 g/mol. The standard InChI is InChI=1S/2C21H12F9Ge.C12F10Ge/c2*22-19(23,24)13-1-7-16(8-2-13)31(17-9-3-14(4-10-17)20(25,26)27)18-11-5-15(6-12-18)21(28,29)30;13-1-3(15)7(19)11(8(20)4(1)16)23-12-9(21)5(17)2(14)6(18)10(12)22/h2*1-12H;. The van der Waals surface area contributed by atoms with Crippen LogP contribution in [0.1, 0.15) is 33.4 Å². The topological polar surface area (TPSA) is 0 Å². The van der Waals surface area contributed by atoms with E-state index in [9.17, 15) is 123 Å². The SMILES string of the molecule is FC(F)(F)c1cc[c]([Ge]([c]2ccc(C(F)(F)F)cc2)[c]2ccc(C(F)(F)F)cc2)cc1.FC(F)(F)c1cc[c]([Ge]([c]2ccc(C(F)(F)F)cc2)[c]2ccc(C(F)(F)F)cc2)cc1.Fc1c(F)c(F)[c]([Ge][c]2c(F)c(F)c(F)c(F)c2F)c(F)c1F. The number of halogens is 28. The monoisotopic (exact) mass is 1430 g/mol. The van der Waals surface area contributed by atoms with Crippen LogP contribution >= 0.6 is 0 Å². The molecule has 0 aromatic heterocycles. The summed E-state index contributed by atoms with van der Waals surface area (Å²) in [4.78, 5) is 0.